The molecule has 0 bridgehead atoms. The number of ketones is 1. The van der Waals surface area contributed by atoms with Crippen LogP contribution in [0.25, 0.3) is 0 Å². The molecule has 1 aromatic carbocycles. The Hall–Kier alpha value is -1.39. The van der Waals surface area contributed by atoms with Crippen molar-refractivity contribution in [1.82, 2.24) is 4.90 Å². The number of piperidine rings is 1. The maximum atomic E-state index is 11.5. The van der Waals surface area contributed by atoms with Crippen LogP contribution in [-0.2, 0) is 9.53 Å². The lowest BCUT2D eigenvalue weighted by Crippen LogP contribution is -2.36. The predicted octanol–water partition coefficient (Wildman–Crippen LogP) is 3.47. The van der Waals surface area contributed by atoms with Gasteiger partial charge in [0.25, 0.3) is 0 Å². The fourth-order valence-electron chi connectivity index (χ4n) is 3.03. The van der Waals surface area contributed by atoms with Crippen LogP contribution in [0.2, 0.25) is 0 Å². The lowest BCUT2D eigenvalue weighted by molar-refractivity contribution is -0.120. The SMILES string of the molecule is CCC(=O)CC1CCN(CCOCCOc2ccc(C)cc2)CC1. The first-order valence-corrected chi connectivity index (χ1v) is 9.18. The first-order valence-electron chi connectivity index (χ1n) is 9.18. The lowest BCUT2D eigenvalue weighted by atomic mass is 9.91. The Bertz CT molecular complexity index is 478. The van der Waals surface area contributed by atoms with Crippen LogP contribution < -0.4 is 4.74 Å². The number of ether oxygens (including phenoxy) is 2. The number of hydrogen-bond acceptors (Lipinski definition) is 4. The van der Waals surface area contributed by atoms with Crippen molar-refractivity contribution in [3.63, 3.8) is 0 Å². The number of carbonyl (C=O) groups is 1. The van der Waals surface area contributed by atoms with Crippen molar-refractivity contribution < 1.29 is 14.3 Å². The summed E-state index contributed by atoms with van der Waals surface area (Å²) in [5.41, 5.74) is 1.24. The number of rotatable bonds is 10. The Morgan fingerprint density at radius 2 is 1.83 bits per heavy atom. The van der Waals surface area contributed by atoms with E-state index in [9.17, 15) is 4.79 Å². The van der Waals surface area contributed by atoms with Crippen molar-refractivity contribution in [3.8, 4) is 5.75 Å². The van der Waals surface area contributed by atoms with E-state index < -0.39 is 0 Å². The summed E-state index contributed by atoms with van der Waals surface area (Å²) in [7, 11) is 0. The zero-order chi connectivity index (χ0) is 17.2. The van der Waals surface area contributed by atoms with Crippen LogP contribution >= 0.6 is 0 Å². The van der Waals surface area contributed by atoms with Crippen LogP contribution in [0.3, 0.4) is 0 Å². The van der Waals surface area contributed by atoms with Crippen LogP contribution in [-0.4, -0.2) is 50.1 Å². The third kappa shape index (κ3) is 7.02. The average Bonchev–Trinajstić information content (AvgIpc) is 2.61. The molecule has 0 radical (unpaired) electrons. The topological polar surface area (TPSA) is 38.8 Å². The van der Waals surface area contributed by atoms with Crippen LogP contribution in [0.1, 0.15) is 38.2 Å². The van der Waals surface area contributed by atoms with Gasteiger partial charge in [0.05, 0.1) is 13.2 Å². The van der Waals surface area contributed by atoms with Gasteiger partial charge in [-0.3, -0.25) is 4.79 Å². The van der Waals surface area contributed by atoms with E-state index in [2.05, 4.69) is 11.8 Å². The summed E-state index contributed by atoms with van der Waals surface area (Å²) in [6, 6.07) is 8.08. The fraction of sp³-hybridized carbons (Fsp3) is 0.650. The zero-order valence-electron chi connectivity index (χ0n) is 15.1. The van der Waals surface area contributed by atoms with E-state index in [0.717, 1.165) is 51.3 Å². The minimum absolute atomic E-state index is 0.408. The van der Waals surface area contributed by atoms with Crippen LogP contribution in [0.4, 0.5) is 0 Å². The van der Waals surface area contributed by atoms with Gasteiger partial charge in [0.15, 0.2) is 0 Å². The van der Waals surface area contributed by atoms with E-state index in [1.54, 1.807) is 0 Å². The zero-order valence-corrected chi connectivity index (χ0v) is 15.1. The number of aryl methyl sites for hydroxylation is 1. The summed E-state index contributed by atoms with van der Waals surface area (Å²) < 4.78 is 11.3. The van der Waals surface area contributed by atoms with E-state index in [0.29, 0.717) is 31.3 Å². The average molecular weight is 333 g/mol. The molecule has 134 valence electrons. The molecule has 0 unspecified atom stereocenters. The molecular weight excluding hydrogens is 302 g/mol. The van der Waals surface area contributed by atoms with E-state index in [1.807, 2.05) is 31.2 Å². The Balaban J connectivity index is 1.48. The number of carbonyl (C=O) groups excluding carboxylic acids is 1. The molecule has 1 aliphatic rings. The third-order valence-corrected chi connectivity index (χ3v) is 4.69. The van der Waals surface area contributed by atoms with Crippen molar-refractivity contribution in [2.45, 2.75) is 39.5 Å². The minimum Gasteiger partial charge on any atom is -0.491 e. The Morgan fingerprint density at radius 3 is 2.50 bits per heavy atom. The smallest absolute Gasteiger partial charge is 0.132 e. The third-order valence-electron chi connectivity index (χ3n) is 4.69. The highest BCUT2D eigenvalue weighted by Crippen LogP contribution is 2.21. The van der Waals surface area contributed by atoms with Gasteiger partial charge < -0.3 is 14.4 Å². The number of likely N-dealkylation sites (tertiary alicyclic amines) is 1. The second kappa shape index (κ2) is 10.5. The molecule has 1 fully saturated rings. The molecule has 1 saturated heterocycles. The van der Waals surface area contributed by atoms with Gasteiger partial charge in [0.1, 0.15) is 18.1 Å². The molecule has 0 atom stereocenters. The number of hydrogen-bond donors (Lipinski definition) is 0. The monoisotopic (exact) mass is 333 g/mol. The Labute approximate surface area is 146 Å². The highest BCUT2D eigenvalue weighted by Gasteiger charge is 2.20. The summed E-state index contributed by atoms with van der Waals surface area (Å²) in [5.74, 6) is 1.90. The van der Waals surface area contributed by atoms with Crippen LogP contribution in [0, 0.1) is 12.8 Å². The molecule has 1 aliphatic heterocycles. The molecule has 2 rings (SSSR count). The number of benzene rings is 1. The van der Waals surface area contributed by atoms with Gasteiger partial charge in [-0.25, -0.2) is 0 Å². The van der Waals surface area contributed by atoms with Crippen LogP contribution in [0.5, 0.6) is 5.75 Å². The van der Waals surface area contributed by atoms with Crippen molar-refractivity contribution >= 4 is 5.78 Å². The molecule has 0 aliphatic carbocycles. The molecule has 0 aromatic heterocycles. The van der Waals surface area contributed by atoms with Gasteiger partial charge in [-0.05, 0) is 50.9 Å². The van der Waals surface area contributed by atoms with Gasteiger partial charge >= 0.3 is 0 Å². The van der Waals surface area contributed by atoms with Crippen molar-refractivity contribution in [1.29, 1.82) is 0 Å². The Morgan fingerprint density at radius 1 is 1.12 bits per heavy atom. The molecule has 4 nitrogen and oxygen atoms in total. The summed E-state index contributed by atoms with van der Waals surface area (Å²) >= 11 is 0. The maximum Gasteiger partial charge on any atom is 0.132 e. The fourth-order valence-corrected chi connectivity index (χ4v) is 3.03. The molecule has 4 heteroatoms. The molecule has 0 amide bonds. The second-order valence-corrected chi connectivity index (χ2v) is 6.66. The van der Waals surface area contributed by atoms with Gasteiger partial charge in [-0.1, -0.05) is 24.6 Å². The van der Waals surface area contributed by atoms with E-state index >= 15 is 0 Å². The highest BCUT2D eigenvalue weighted by molar-refractivity contribution is 5.78. The molecule has 1 aromatic rings. The molecule has 0 N–H and O–H groups in total. The second-order valence-electron chi connectivity index (χ2n) is 6.66. The molecule has 0 saturated carbocycles. The largest absolute Gasteiger partial charge is 0.491 e. The normalized spacial score (nSPS) is 16.2. The molecule has 0 spiro atoms. The highest BCUT2D eigenvalue weighted by atomic mass is 16.5. The van der Waals surface area contributed by atoms with E-state index in [4.69, 9.17) is 9.47 Å². The van der Waals surface area contributed by atoms with E-state index in [-0.39, 0.29) is 0 Å². The van der Waals surface area contributed by atoms with Gasteiger partial charge in [-0.15, -0.1) is 0 Å². The first-order chi connectivity index (χ1) is 11.7. The quantitative estimate of drug-likeness (QED) is 0.615. The summed E-state index contributed by atoms with van der Waals surface area (Å²) in [5, 5.41) is 0. The van der Waals surface area contributed by atoms with Gasteiger partial charge in [-0.2, -0.15) is 0 Å². The first kappa shape index (κ1) is 18.9. The summed E-state index contributed by atoms with van der Waals surface area (Å²) in [6.07, 6.45) is 3.74. The lowest BCUT2D eigenvalue weighted by Gasteiger charge is -2.31. The maximum absolute atomic E-state index is 11.5. The predicted molar refractivity (Wildman–Crippen MR) is 96.6 cm³/mol. The van der Waals surface area contributed by atoms with Crippen molar-refractivity contribution in [2.75, 3.05) is 39.5 Å². The number of Topliss-reactive ketones (excluding diaryl/α,β-unsaturated/α-hetero) is 1. The Kier molecular flexibility index (Phi) is 8.26. The summed E-state index contributed by atoms with van der Waals surface area (Å²) in [6.45, 7) is 9.12. The molecular formula is C20H31NO3. The number of nitrogens with zero attached hydrogens (tertiary/aromatic N) is 1. The molecule has 1 heterocycles. The standard InChI is InChI=1S/C20H31NO3/c1-3-19(22)16-18-8-10-21(11-9-18)12-13-23-14-15-24-20-6-4-17(2)5-7-20/h4-7,18H,3,8-16H2,1-2H3. The van der Waals surface area contributed by atoms with Crippen molar-refractivity contribution in [2.24, 2.45) is 5.92 Å². The molecule has 24 heavy (non-hydrogen) atoms. The van der Waals surface area contributed by atoms with Gasteiger partial charge in [0, 0.05) is 19.4 Å². The minimum atomic E-state index is 0.408. The van der Waals surface area contributed by atoms with E-state index in [1.165, 1.54) is 5.56 Å². The van der Waals surface area contributed by atoms with Gasteiger partial charge in [0.2, 0.25) is 0 Å². The van der Waals surface area contributed by atoms with Crippen molar-refractivity contribution in [3.05, 3.63) is 29.8 Å². The summed E-state index contributed by atoms with van der Waals surface area (Å²) in [4.78, 5) is 13.9. The van der Waals surface area contributed by atoms with Crippen LogP contribution in [0.15, 0.2) is 24.3 Å².